The summed E-state index contributed by atoms with van der Waals surface area (Å²) in [6.07, 6.45) is 5.33. The first-order valence-corrected chi connectivity index (χ1v) is 10.9. The Labute approximate surface area is 193 Å². The molecule has 32 heavy (non-hydrogen) atoms. The minimum atomic E-state index is -0.425. The van der Waals surface area contributed by atoms with E-state index >= 15 is 0 Å². The van der Waals surface area contributed by atoms with Crippen molar-refractivity contribution in [3.05, 3.63) is 70.9 Å². The van der Waals surface area contributed by atoms with Gasteiger partial charge in [0.2, 0.25) is 0 Å². The molecule has 0 unspecified atom stereocenters. The van der Waals surface area contributed by atoms with Crippen LogP contribution in [0, 0.1) is 11.3 Å². The summed E-state index contributed by atoms with van der Waals surface area (Å²) in [7, 11) is 0. The number of nitrogens with zero attached hydrogens (tertiary/aromatic N) is 3. The molecule has 0 atom stereocenters. The number of ether oxygens (including phenoxy) is 1. The number of carbonyl (C=O) groups excluding carboxylic acids is 1. The summed E-state index contributed by atoms with van der Waals surface area (Å²) in [4.78, 5) is 12.3. The number of nitrogens with one attached hydrogen (secondary N) is 1. The highest BCUT2D eigenvalue weighted by molar-refractivity contribution is 6.32. The maximum Gasteiger partial charge on any atom is 0.261 e. The van der Waals surface area contributed by atoms with E-state index in [0.29, 0.717) is 35.2 Å². The third-order valence-electron chi connectivity index (χ3n) is 4.73. The van der Waals surface area contributed by atoms with Gasteiger partial charge >= 0.3 is 0 Å². The number of nitriles is 1. The number of unbranched alkanes of at least 4 members (excludes halogenated alkanes) is 1. The van der Waals surface area contributed by atoms with Gasteiger partial charge in [0.1, 0.15) is 23.1 Å². The first-order chi connectivity index (χ1) is 15.6. The number of para-hydroxylation sites is 1. The van der Waals surface area contributed by atoms with Crippen LogP contribution in [0.15, 0.2) is 60.3 Å². The molecule has 0 spiro atoms. The fraction of sp³-hybridized carbons (Fsp3) is 0.240. The summed E-state index contributed by atoms with van der Waals surface area (Å²) >= 11 is 6.47. The lowest BCUT2D eigenvalue weighted by atomic mass is 10.1. The molecule has 0 aliphatic carbocycles. The number of hydrogen-bond donors (Lipinski definition) is 1. The third-order valence-corrected chi connectivity index (χ3v) is 5.02. The zero-order valence-electron chi connectivity index (χ0n) is 18.1. The third kappa shape index (κ3) is 5.57. The number of hydrogen-bond acceptors (Lipinski definition) is 4. The minimum Gasteiger partial charge on any atom is -0.492 e. The average Bonchev–Trinajstić information content (AvgIpc) is 3.23. The zero-order valence-corrected chi connectivity index (χ0v) is 18.9. The standard InChI is InChI=1S/C25H25ClN4O2/c1-3-5-13-32-23-12-11-18(15-22(23)26)24-20(14-19(16-27)25(31)28-4-2)17-30(29-24)21-9-7-6-8-10-21/h6-12,14-15,17H,3-5,13H2,1-2H3,(H,28,31). The Kier molecular flexibility index (Phi) is 8.07. The summed E-state index contributed by atoms with van der Waals surface area (Å²) in [5, 5.41) is 17.4. The monoisotopic (exact) mass is 448 g/mol. The van der Waals surface area contributed by atoms with Crippen LogP contribution in [0.5, 0.6) is 5.75 Å². The van der Waals surface area contributed by atoms with Crippen molar-refractivity contribution in [3.63, 3.8) is 0 Å². The molecule has 1 N–H and O–H groups in total. The predicted molar refractivity (Wildman–Crippen MR) is 127 cm³/mol. The van der Waals surface area contributed by atoms with Crippen LogP contribution in [-0.4, -0.2) is 28.8 Å². The van der Waals surface area contributed by atoms with E-state index < -0.39 is 5.91 Å². The first-order valence-electron chi connectivity index (χ1n) is 10.5. The van der Waals surface area contributed by atoms with Crippen LogP contribution >= 0.6 is 11.6 Å². The van der Waals surface area contributed by atoms with E-state index in [1.54, 1.807) is 29.9 Å². The number of benzene rings is 2. The van der Waals surface area contributed by atoms with Crippen molar-refractivity contribution in [2.75, 3.05) is 13.2 Å². The molecule has 0 radical (unpaired) electrons. The molecule has 0 bridgehead atoms. The van der Waals surface area contributed by atoms with E-state index in [-0.39, 0.29) is 5.57 Å². The topological polar surface area (TPSA) is 79.9 Å². The molecule has 0 saturated heterocycles. The Morgan fingerprint density at radius 3 is 2.69 bits per heavy atom. The highest BCUT2D eigenvalue weighted by Crippen LogP contribution is 2.32. The summed E-state index contributed by atoms with van der Waals surface area (Å²) in [6.45, 7) is 4.94. The van der Waals surface area contributed by atoms with Gasteiger partial charge in [0.05, 0.1) is 17.3 Å². The van der Waals surface area contributed by atoms with Crippen molar-refractivity contribution < 1.29 is 9.53 Å². The molecule has 1 amide bonds. The van der Waals surface area contributed by atoms with Crippen LogP contribution in [-0.2, 0) is 4.79 Å². The molecule has 1 heterocycles. The lowest BCUT2D eigenvalue weighted by molar-refractivity contribution is -0.116. The molecule has 2 aromatic carbocycles. The van der Waals surface area contributed by atoms with Crippen molar-refractivity contribution >= 4 is 23.6 Å². The molecule has 6 nitrogen and oxygen atoms in total. The summed E-state index contributed by atoms with van der Waals surface area (Å²) < 4.78 is 7.46. The van der Waals surface area contributed by atoms with E-state index in [1.807, 2.05) is 48.5 Å². The maximum absolute atomic E-state index is 12.3. The molecule has 0 aliphatic heterocycles. The van der Waals surface area contributed by atoms with Crippen molar-refractivity contribution in [1.82, 2.24) is 15.1 Å². The van der Waals surface area contributed by atoms with Gasteiger partial charge in [-0.15, -0.1) is 0 Å². The van der Waals surface area contributed by atoms with Crippen molar-refractivity contribution in [3.8, 4) is 28.8 Å². The van der Waals surface area contributed by atoms with E-state index in [4.69, 9.17) is 21.4 Å². The van der Waals surface area contributed by atoms with Crippen LogP contribution in [0.2, 0.25) is 5.02 Å². The Balaban J connectivity index is 2.06. The molecule has 0 saturated carbocycles. The van der Waals surface area contributed by atoms with Gasteiger partial charge in [0.15, 0.2) is 0 Å². The van der Waals surface area contributed by atoms with Crippen molar-refractivity contribution in [2.45, 2.75) is 26.7 Å². The minimum absolute atomic E-state index is 0.00586. The van der Waals surface area contributed by atoms with Gasteiger partial charge in [0.25, 0.3) is 5.91 Å². The van der Waals surface area contributed by atoms with Crippen molar-refractivity contribution in [1.29, 1.82) is 5.26 Å². The molecular formula is C25H25ClN4O2. The number of rotatable bonds is 9. The Morgan fingerprint density at radius 2 is 2.03 bits per heavy atom. The van der Waals surface area contributed by atoms with Gasteiger partial charge < -0.3 is 10.1 Å². The quantitative estimate of drug-likeness (QED) is 0.269. The molecular weight excluding hydrogens is 424 g/mol. The van der Waals surface area contributed by atoms with Gasteiger partial charge in [0, 0.05) is 23.9 Å². The molecule has 3 rings (SSSR count). The smallest absolute Gasteiger partial charge is 0.261 e. The average molecular weight is 449 g/mol. The lowest BCUT2D eigenvalue weighted by Gasteiger charge is -2.09. The van der Waals surface area contributed by atoms with Gasteiger partial charge in [-0.1, -0.05) is 43.1 Å². The van der Waals surface area contributed by atoms with E-state index in [0.717, 1.165) is 24.1 Å². The van der Waals surface area contributed by atoms with Crippen LogP contribution in [0.3, 0.4) is 0 Å². The number of halogens is 1. The summed E-state index contributed by atoms with van der Waals surface area (Å²) in [5.41, 5.74) is 2.86. The van der Waals surface area contributed by atoms with Crippen LogP contribution < -0.4 is 10.1 Å². The van der Waals surface area contributed by atoms with Crippen LogP contribution in [0.25, 0.3) is 23.0 Å². The van der Waals surface area contributed by atoms with Gasteiger partial charge in [-0.3, -0.25) is 4.79 Å². The van der Waals surface area contributed by atoms with Crippen LogP contribution in [0.1, 0.15) is 32.3 Å². The van der Waals surface area contributed by atoms with E-state index in [9.17, 15) is 10.1 Å². The molecule has 3 aromatic rings. The predicted octanol–water partition coefficient (Wildman–Crippen LogP) is 5.41. The number of amides is 1. The molecule has 7 heteroatoms. The highest BCUT2D eigenvalue weighted by Gasteiger charge is 2.16. The fourth-order valence-electron chi connectivity index (χ4n) is 3.08. The first kappa shape index (κ1) is 23.1. The van der Waals surface area contributed by atoms with E-state index in [2.05, 4.69) is 12.2 Å². The zero-order chi connectivity index (χ0) is 22.9. The SMILES string of the molecule is CCCCOc1ccc(-c2nn(-c3ccccc3)cc2C=C(C#N)C(=O)NCC)cc1Cl. The highest BCUT2D eigenvalue weighted by atomic mass is 35.5. The largest absolute Gasteiger partial charge is 0.492 e. The second-order valence-corrected chi connectivity index (χ2v) is 7.50. The number of likely N-dealkylation sites (N-methyl/N-ethyl adjacent to an activating group) is 1. The van der Waals surface area contributed by atoms with Gasteiger partial charge in [-0.25, -0.2) is 4.68 Å². The second kappa shape index (κ2) is 11.2. The Hall–Kier alpha value is -3.56. The summed E-state index contributed by atoms with van der Waals surface area (Å²) in [5.74, 6) is 0.189. The number of carbonyl (C=O) groups is 1. The van der Waals surface area contributed by atoms with Crippen molar-refractivity contribution in [2.24, 2.45) is 0 Å². The van der Waals surface area contributed by atoms with Gasteiger partial charge in [-0.2, -0.15) is 10.4 Å². The van der Waals surface area contributed by atoms with E-state index in [1.165, 1.54) is 0 Å². The summed E-state index contributed by atoms with van der Waals surface area (Å²) in [6, 6.07) is 17.1. The Bertz CT molecular complexity index is 1150. The van der Waals surface area contributed by atoms with Gasteiger partial charge in [-0.05, 0) is 49.8 Å². The normalized spacial score (nSPS) is 11.1. The van der Waals surface area contributed by atoms with Crippen LogP contribution in [0.4, 0.5) is 0 Å². The number of aromatic nitrogens is 2. The maximum atomic E-state index is 12.3. The molecule has 164 valence electrons. The molecule has 1 aromatic heterocycles. The molecule has 0 fully saturated rings. The Morgan fingerprint density at radius 1 is 1.25 bits per heavy atom. The lowest BCUT2D eigenvalue weighted by Crippen LogP contribution is -2.23. The second-order valence-electron chi connectivity index (χ2n) is 7.09. The molecule has 0 aliphatic rings. The fourth-order valence-corrected chi connectivity index (χ4v) is 3.32.